The molecule has 2 unspecified atom stereocenters. The summed E-state index contributed by atoms with van der Waals surface area (Å²) in [7, 11) is 0. The lowest BCUT2D eigenvalue weighted by molar-refractivity contribution is 0.0897. The van der Waals surface area contributed by atoms with Crippen molar-refractivity contribution in [1.82, 2.24) is 30.5 Å². The van der Waals surface area contributed by atoms with E-state index in [1.54, 1.807) is 19.2 Å². The molecule has 1 amide bonds. The van der Waals surface area contributed by atoms with Crippen LogP contribution >= 0.6 is 0 Å². The summed E-state index contributed by atoms with van der Waals surface area (Å²) in [6.07, 6.45) is 5.91. The number of carbonyl (C=O) groups is 1. The van der Waals surface area contributed by atoms with Crippen molar-refractivity contribution < 1.29 is 14.6 Å². The van der Waals surface area contributed by atoms with Crippen LogP contribution in [0.25, 0.3) is 11.0 Å². The van der Waals surface area contributed by atoms with E-state index in [9.17, 15) is 9.90 Å². The number of hydrogen-bond donors (Lipinski definition) is 3. The average molecular weight is 494 g/mol. The fourth-order valence-electron chi connectivity index (χ4n) is 5.51. The fraction of sp³-hybridized carbons (Fsp3) is 0.577. The molecule has 2 aliphatic rings. The highest BCUT2D eigenvalue weighted by Crippen LogP contribution is 2.35. The zero-order chi connectivity index (χ0) is 25.3. The van der Waals surface area contributed by atoms with Crippen molar-refractivity contribution in [1.29, 1.82) is 0 Å². The summed E-state index contributed by atoms with van der Waals surface area (Å²) in [5.41, 5.74) is 1.92. The van der Waals surface area contributed by atoms with Gasteiger partial charge in [0.1, 0.15) is 18.1 Å². The highest BCUT2D eigenvalue weighted by atomic mass is 16.5. The van der Waals surface area contributed by atoms with Gasteiger partial charge in [0, 0.05) is 42.2 Å². The summed E-state index contributed by atoms with van der Waals surface area (Å²) in [4.78, 5) is 28.7. The second-order valence-corrected chi connectivity index (χ2v) is 10.7. The molecule has 3 N–H and O–H groups in total. The van der Waals surface area contributed by atoms with Gasteiger partial charge in [-0.2, -0.15) is 15.1 Å². The van der Waals surface area contributed by atoms with Crippen LogP contribution in [0.4, 0.5) is 5.82 Å². The molecular weight excluding hydrogens is 458 g/mol. The Morgan fingerprint density at radius 3 is 2.86 bits per heavy atom. The van der Waals surface area contributed by atoms with Crippen molar-refractivity contribution in [3.8, 4) is 6.01 Å². The van der Waals surface area contributed by atoms with Crippen LogP contribution in [-0.2, 0) is 0 Å². The van der Waals surface area contributed by atoms with E-state index in [1.165, 1.54) is 0 Å². The van der Waals surface area contributed by atoms with E-state index in [-0.39, 0.29) is 29.8 Å². The van der Waals surface area contributed by atoms with Crippen LogP contribution in [-0.4, -0.2) is 67.5 Å². The van der Waals surface area contributed by atoms with Crippen LogP contribution < -0.4 is 15.0 Å². The molecule has 36 heavy (non-hydrogen) atoms. The molecule has 2 fully saturated rings. The number of H-pyrrole nitrogens is 1. The Labute approximate surface area is 210 Å². The molecule has 0 aromatic carbocycles. The van der Waals surface area contributed by atoms with Gasteiger partial charge in [-0.1, -0.05) is 6.92 Å². The minimum Gasteiger partial charge on any atom is -0.461 e. The SMILES string of the molecule is CC1CCC(C)(NC(=O)c2cc(N3CCC(c4n[nH]c5ncccc45)CC3)nc(OC[C@@H](C)O)n2)C1. The molecule has 0 spiro atoms. The van der Waals surface area contributed by atoms with Gasteiger partial charge in [-0.25, -0.2) is 4.98 Å². The predicted octanol–water partition coefficient (Wildman–Crippen LogP) is 3.20. The van der Waals surface area contributed by atoms with Gasteiger partial charge in [0.25, 0.3) is 5.91 Å². The standard InChI is InChI=1S/C26H35N7O3/c1-16-6-9-26(3,14-16)30-24(35)20-13-21(29-25(28-20)36-15-17(2)34)33-11-7-18(8-12-33)22-19-5-4-10-27-23(19)32-31-22/h4-5,10,13,16-18,34H,6-9,11-12,14-15H2,1-3H3,(H,30,35)(H,27,31,32)/t16?,17-,26?/m1/s1. The summed E-state index contributed by atoms with van der Waals surface area (Å²) in [6, 6.07) is 5.85. The number of nitrogens with one attached hydrogen (secondary N) is 2. The molecule has 3 aromatic heterocycles. The van der Waals surface area contributed by atoms with Crippen LogP contribution in [0.15, 0.2) is 24.4 Å². The number of aliphatic hydroxyl groups is 1. The molecule has 1 aliphatic heterocycles. The van der Waals surface area contributed by atoms with E-state index in [2.05, 4.69) is 55.3 Å². The maximum absolute atomic E-state index is 13.2. The number of ether oxygens (including phenoxy) is 1. The highest BCUT2D eigenvalue weighted by Gasteiger charge is 2.35. The second kappa shape index (κ2) is 10.0. The van der Waals surface area contributed by atoms with Crippen LogP contribution in [0.3, 0.4) is 0 Å². The van der Waals surface area contributed by atoms with Gasteiger partial charge in [0.05, 0.1) is 11.8 Å². The molecule has 10 heteroatoms. The maximum Gasteiger partial charge on any atom is 0.319 e. The van der Waals surface area contributed by atoms with Crippen LogP contribution in [0.2, 0.25) is 0 Å². The minimum atomic E-state index is -0.665. The van der Waals surface area contributed by atoms with Gasteiger partial charge in [-0.05, 0) is 64.0 Å². The Hall–Kier alpha value is -3.27. The quantitative estimate of drug-likeness (QED) is 0.458. The fourth-order valence-corrected chi connectivity index (χ4v) is 5.51. The molecule has 0 radical (unpaired) electrons. The van der Waals surface area contributed by atoms with Crippen molar-refractivity contribution in [2.75, 3.05) is 24.6 Å². The minimum absolute atomic E-state index is 0.0576. The number of fused-ring (bicyclic) bond motifs is 1. The van der Waals surface area contributed by atoms with Gasteiger partial charge in [-0.15, -0.1) is 0 Å². The Morgan fingerprint density at radius 1 is 1.33 bits per heavy atom. The molecule has 0 bridgehead atoms. The van der Waals surface area contributed by atoms with Crippen LogP contribution in [0.5, 0.6) is 6.01 Å². The molecule has 5 rings (SSSR count). The summed E-state index contributed by atoms with van der Waals surface area (Å²) in [6.45, 7) is 7.54. The number of nitrogens with zero attached hydrogens (tertiary/aromatic N) is 5. The van der Waals surface area contributed by atoms with Crippen LogP contribution in [0, 0.1) is 5.92 Å². The van der Waals surface area contributed by atoms with E-state index in [0.29, 0.717) is 17.7 Å². The Kier molecular flexibility index (Phi) is 6.79. The van der Waals surface area contributed by atoms with E-state index in [0.717, 1.165) is 61.9 Å². The molecule has 192 valence electrons. The number of aromatic amines is 1. The van der Waals surface area contributed by atoms with Crippen LogP contribution in [0.1, 0.15) is 75.0 Å². The number of carbonyl (C=O) groups excluding carboxylic acids is 1. The molecule has 3 atom stereocenters. The van der Waals surface area contributed by atoms with Crippen molar-refractivity contribution >= 4 is 22.8 Å². The average Bonchev–Trinajstić information content (AvgIpc) is 3.45. The Morgan fingerprint density at radius 2 is 2.14 bits per heavy atom. The maximum atomic E-state index is 13.2. The van der Waals surface area contributed by atoms with Gasteiger partial charge >= 0.3 is 6.01 Å². The van der Waals surface area contributed by atoms with Gasteiger partial charge in [-0.3, -0.25) is 9.89 Å². The molecule has 1 aliphatic carbocycles. The first-order chi connectivity index (χ1) is 17.3. The number of anilines is 1. The molecule has 3 aromatic rings. The third-order valence-electron chi connectivity index (χ3n) is 7.35. The number of piperidine rings is 1. The number of aromatic nitrogens is 5. The van der Waals surface area contributed by atoms with E-state index < -0.39 is 6.10 Å². The zero-order valence-electron chi connectivity index (χ0n) is 21.2. The number of pyridine rings is 1. The third-order valence-corrected chi connectivity index (χ3v) is 7.35. The molecule has 10 nitrogen and oxygen atoms in total. The van der Waals surface area contributed by atoms with Gasteiger partial charge < -0.3 is 20.1 Å². The molecule has 1 saturated carbocycles. The largest absolute Gasteiger partial charge is 0.461 e. The van der Waals surface area contributed by atoms with Crippen molar-refractivity contribution in [2.24, 2.45) is 5.92 Å². The summed E-state index contributed by atoms with van der Waals surface area (Å²) >= 11 is 0. The summed E-state index contributed by atoms with van der Waals surface area (Å²) < 4.78 is 5.63. The molecule has 4 heterocycles. The molecule has 1 saturated heterocycles. The van der Waals surface area contributed by atoms with E-state index in [4.69, 9.17) is 4.74 Å². The van der Waals surface area contributed by atoms with Crippen molar-refractivity contribution in [2.45, 2.75) is 70.4 Å². The van der Waals surface area contributed by atoms with E-state index in [1.807, 2.05) is 6.07 Å². The van der Waals surface area contributed by atoms with Gasteiger partial charge in [0.2, 0.25) is 0 Å². The highest BCUT2D eigenvalue weighted by molar-refractivity contribution is 5.93. The Bertz CT molecular complexity index is 1220. The lowest BCUT2D eigenvalue weighted by Gasteiger charge is -2.32. The summed E-state index contributed by atoms with van der Waals surface area (Å²) in [5, 5.41) is 21.5. The topological polar surface area (TPSA) is 129 Å². The van der Waals surface area contributed by atoms with E-state index >= 15 is 0 Å². The first-order valence-electron chi connectivity index (χ1n) is 12.9. The number of hydrogen-bond acceptors (Lipinski definition) is 8. The third kappa shape index (κ3) is 5.28. The number of amides is 1. The molecular formula is C26H35N7O3. The predicted molar refractivity (Wildman–Crippen MR) is 136 cm³/mol. The van der Waals surface area contributed by atoms with Crippen molar-refractivity contribution in [3.05, 3.63) is 35.8 Å². The number of rotatable bonds is 7. The lowest BCUT2D eigenvalue weighted by atomic mass is 9.92. The first kappa shape index (κ1) is 24.4. The lowest BCUT2D eigenvalue weighted by Crippen LogP contribution is -2.44. The van der Waals surface area contributed by atoms with Crippen molar-refractivity contribution in [3.63, 3.8) is 0 Å². The number of aliphatic hydroxyl groups excluding tert-OH is 1. The monoisotopic (exact) mass is 493 g/mol. The van der Waals surface area contributed by atoms with Gasteiger partial charge in [0.15, 0.2) is 5.65 Å². The first-order valence-corrected chi connectivity index (χ1v) is 12.9. The normalized spacial score (nSPS) is 23.7. The smallest absolute Gasteiger partial charge is 0.319 e. The Balaban J connectivity index is 1.33. The zero-order valence-corrected chi connectivity index (χ0v) is 21.2. The summed E-state index contributed by atoms with van der Waals surface area (Å²) in [5.74, 6) is 1.35. The second-order valence-electron chi connectivity index (χ2n) is 10.7.